The van der Waals surface area contributed by atoms with Gasteiger partial charge in [-0.05, 0) is 19.9 Å². The number of aliphatic hydroxyl groups is 1. The van der Waals surface area contributed by atoms with E-state index < -0.39 is 23.0 Å². The normalized spacial score (nSPS) is 13.7. The van der Waals surface area contributed by atoms with Crippen LogP contribution in [0.1, 0.15) is 25.5 Å². The van der Waals surface area contributed by atoms with Crippen molar-refractivity contribution >= 4 is 27.5 Å². The maximum atomic E-state index is 11.0. The Morgan fingerprint density at radius 2 is 2.11 bits per heavy atom. The van der Waals surface area contributed by atoms with E-state index in [2.05, 4.69) is 15.9 Å². The molecule has 3 N–H and O–H groups in total. The highest BCUT2D eigenvalue weighted by molar-refractivity contribution is 9.10. The van der Waals surface area contributed by atoms with Crippen molar-refractivity contribution in [3.05, 3.63) is 32.3 Å². The van der Waals surface area contributed by atoms with Gasteiger partial charge in [-0.2, -0.15) is 0 Å². The standard InChI is InChI=1S/C11H13BrN2O5/c1-5(15)8-3-7(12)4-9(14(17)18)10(8)19-6(2)11(13)16/h3-6,15H,1-2H3,(H2,13,16). The lowest BCUT2D eigenvalue weighted by Gasteiger charge is -2.17. The first kappa shape index (κ1) is 15.4. The zero-order chi connectivity index (χ0) is 14.7. The van der Waals surface area contributed by atoms with E-state index in [1.165, 1.54) is 26.0 Å². The van der Waals surface area contributed by atoms with Crippen LogP contribution in [-0.2, 0) is 4.79 Å². The second-order valence-corrected chi connectivity index (χ2v) is 4.85. The molecule has 2 atom stereocenters. The molecule has 1 amide bonds. The lowest BCUT2D eigenvalue weighted by atomic mass is 10.1. The molecule has 0 aliphatic rings. The van der Waals surface area contributed by atoms with Crippen LogP contribution in [0.25, 0.3) is 0 Å². The Morgan fingerprint density at radius 3 is 2.53 bits per heavy atom. The van der Waals surface area contributed by atoms with Crippen LogP contribution in [0.4, 0.5) is 5.69 Å². The number of nitrogens with two attached hydrogens (primary N) is 1. The number of primary amides is 1. The number of hydrogen-bond donors (Lipinski definition) is 2. The molecule has 0 bridgehead atoms. The molecule has 0 aliphatic carbocycles. The molecule has 0 fully saturated rings. The van der Waals surface area contributed by atoms with Crippen molar-refractivity contribution in [2.24, 2.45) is 5.73 Å². The highest BCUT2D eigenvalue weighted by Crippen LogP contribution is 2.38. The Morgan fingerprint density at radius 1 is 1.53 bits per heavy atom. The van der Waals surface area contributed by atoms with E-state index in [0.717, 1.165) is 0 Å². The molecule has 0 heterocycles. The average molecular weight is 333 g/mol. The van der Waals surface area contributed by atoms with Gasteiger partial charge >= 0.3 is 5.69 Å². The van der Waals surface area contributed by atoms with Crippen LogP contribution in [0.2, 0.25) is 0 Å². The Balaban J connectivity index is 3.39. The fourth-order valence-electron chi connectivity index (χ4n) is 1.41. The number of ether oxygens (including phenoxy) is 1. The van der Waals surface area contributed by atoms with Crippen LogP contribution in [0.5, 0.6) is 5.75 Å². The first-order chi connectivity index (χ1) is 8.73. The molecule has 8 heteroatoms. The SMILES string of the molecule is CC(Oc1c(C(C)O)cc(Br)cc1[N+](=O)[O-])C(N)=O. The van der Waals surface area contributed by atoms with E-state index in [1.54, 1.807) is 0 Å². The number of hydrogen-bond acceptors (Lipinski definition) is 5. The maximum absolute atomic E-state index is 11.0. The zero-order valence-electron chi connectivity index (χ0n) is 10.3. The van der Waals surface area contributed by atoms with E-state index in [0.29, 0.717) is 4.47 Å². The maximum Gasteiger partial charge on any atom is 0.312 e. The summed E-state index contributed by atoms with van der Waals surface area (Å²) in [5.74, 6) is -0.914. The number of halogens is 1. The van der Waals surface area contributed by atoms with Crippen LogP contribution >= 0.6 is 15.9 Å². The second-order valence-electron chi connectivity index (χ2n) is 3.94. The smallest absolute Gasteiger partial charge is 0.312 e. The number of rotatable bonds is 5. The average Bonchev–Trinajstić information content (AvgIpc) is 2.29. The van der Waals surface area contributed by atoms with Gasteiger partial charge < -0.3 is 15.6 Å². The summed E-state index contributed by atoms with van der Waals surface area (Å²) in [6, 6.07) is 2.72. The molecule has 0 saturated carbocycles. The number of aliphatic hydroxyl groups excluding tert-OH is 1. The number of nitro groups is 1. The number of benzene rings is 1. The molecule has 2 unspecified atom stereocenters. The summed E-state index contributed by atoms with van der Waals surface area (Å²) in [5, 5.41) is 20.7. The van der Waals surface area contributed by atoms with Crippen LogP contribution < -0.4 is 10.5 Å². The van der Waals surface area contributed by atoms with Gasteiger partial charge in [-0.3, -0.25) is 14.9 Å². The summed E-state index contributed by atoms with van der Waals surface area (Å²) < 4.78 is 5.64. The predicted octanol–water partition coefficient (Wildman–Crippen LogP) is 1.66. The second kappa shape index (κ2) is 5.98. The van der Waals surface area contributed by atoms with E-state index in [1.807, 2.05) is 0 Å². The summed E-state index contributed by atoms with van der Waals surface area (Å²) in [6.45, 7) is 2.81. The van der Waals surface area contributed by atoms with Crippen molar-refractivity contribution in [1.29, 1.82) is 0 Å². The number of nitrogens with zero attached hydrogens (tertiary/aromatic N) is 1. The molecule has 0 radical (unpaired) electrons. The molecule has 1 aromatic rings. The molecule has 0 aromatic heterocycles. The summed E-state index contributed by atoms with van der Waals surface area (Å²) >= 11 is 3.12. The largest absolute Gasteiger partial charge is 0.473 e. The first-order valence-corrected chi connectivity index (χ1v) is 6.15. The number of nitro benzene ring substituents is 1. The van der Waals surface area contributed by atoms with Gasteiger partial charge in [0.25, 0.3) is 5.91 Å². The highest BCUT2D eigenvalue weighted by Gasteiger charge is 2.26. The van der Waals surface area contributed by atoms with Gasteiger partial charge in [-0.25, -0.2) is 0 Å². The summed E-state index contributed by atoms with van der Waals surface area (Å²) in [5.41, 5.74) is 4.91. The van der Waals surface area contributed by atoms with Gasteiger partial charge in [0.1, 0.15) is 0 Å². The number of amides is 1. The van der Waals surface area contributed by atoms with Gasteiger partial charge in [-0.1, -0.05) is 15.9 Å². The lowest BCUT2D eigenvalue weighted by molar-refractivity contribution is -0.386. The molecule has 1 aromatic carbocycles. The summed E-state index contributed by atoms with van der Waals surface area (Å²) in [4.78, 5) is 21.3. The quantitative estimate of drug-likeness (QED) is 0.628. The fourth-order valence-corrected chi connectivity index (χ4v) is 1.87. The lowest BCUT2D eigenvalue weighted by Crippen LogP contribution is -2.31. The van der Waals surface area contributed by atoms with Crippen LogP contribution in [0.3, 0.4) is 0 Å². The third-order valence-electron chi connectivity index (χ3n) is 2.40. The highest BCUT2D eigenvalue weighted by atomic mass is 79.9. The Kier molecular flexibility index (Phi) is 4.84. The molecule has 0 saturated heterocycles. The Labute approximate surface area is 117 Å². The third kappa shape index (κ3) is 3.65. The van der Waals surface area contributed by atoms with Crippen molar-refractivity contribution in [2.45, 2.75) is 26.1 Å². The van der Waals surface area contributed by atoms with Gasteiger partial charge in [0.15, 0.2) is 6.10 Å². The van der Waals surface area contributed by atoms with Crippen molar-refractivity contribution in [1.82, 2.24) is 0 Å². The van der Waals surface area contributed by atoms with Crippen molar-refractivity contribution in [3.63, 3.8) is 0 Å². The monoisotopic (exact) mass is 332 g/mol. The molecular weight excluding hydrogens is 320 g/mol. The van der Waals surface area contributed by atoms with Crippen LogP contribution in [0.15, 0.2) is 16.6 Å². The molecule has 19 heavy (non-hydrogen) atoms. The number of carbonyl (C=O) groups excluding carboxylic acids is 1. The predicted molar refractivity (Wildman–Crippen MR) is 70.7 cm³/mol. The minimum absolute atomic E-state index is 0.158. The van der Waals surface area contributed by atoms with E-state index in [4.69, 9.17) is 10.5 Å². The minimum Gasteiger partial charge on any atom is -0.473 e. The van der Waals surface area contributed by atoms with E-state index in [-0.39, 0.29) is 17.0 Å². The first-order valence-electron chi connectivity index (χ1n) is 5.36. The topological polar surface area (TPSA) is 116 Å². The van der Waals surface area contributed by atoms with Crippen molar-refractivity contribution in [2.75, 3.05) is 0 Å². The molecule has 0 spiro atoms. The van der Waals surface area contributed by atoms with Gasteiger partial charge in [-0.15, -0.1) is 0 Å². The third-order valence-corrected chi connectivity index (χ3v) is 2.86. The Bertz CT molecular complexity index is 518. The fraction of sp³-hybridized carbons (Fsp3) is 0.364. The molecular formula is C11H13BrN2O5. The number of carbonyl (C=O) groups is 1. The van der Waals surface area contributed by atoms with Crippen molar-refractivity contribution in [3.8, 4) is 5.75 Å². The minimum atomic E-state index is -1.04. The zero-order valence-corrected chi connectivity index (χ0v) is 11.9. The van der Waals surface area contributed by atoms with Gasteiger partial charge in [0.05, 0.1) is 11.0 Å². The molecule has 1 rings (SSSR count). The summed E-state index contributed by atoms with van der Waals surface area (Å²) in [7, 11) is 0. The van der Waals surface area contributed by atoms with Gasteiger partial charge in [0.2, 0.25) is 5.75 Å². The van der Waals surface area contributed by atoms with E-state index >= 15 is 0 Å². The molecule has 0 aliphatic heterocycles. The Hall–Kier alpha value is -1.67. The van der Waals surface area contributed by atoms with Crippen LogP contribution in [0, 0.1) is 10.1 Å². The van der Waals surface area contributed by atoms with Crippen LogP contribution in [-0.4, -0.2) is 22.0 Å². The van der Waals surface area contributed by atoms with Crippen molar-refractivity contribution < 1.29 is 19.6 Å². The van der Waals surface area contributed by atoms with Gasteiger partial charge in [0, 0.05) is 16.1 Å². The molecule has 7 nitrogen and oxygen atoms in total. The summed E-state index contributed by atoms with van der Waals surface area (Å²) in [6.07, 6.45) is -2.04. The van der Waals surface area contributed by atoms with E-state index in [9.17, 15) is 20.0 Å². The molecule has 104 valence electrons.